The van der Waals surface area contributed by atoms with Gasteiger partial charge >= 0.3 is 17.9 Å². The van der Waals surface area contributed by atoms with E-state index in [1.807, 2.05) is 0 Å². The average Bonchev–Trinajstić information content (AvgIpc) is 3.37. The Labute approximate surface area is 443 Å². The van der Waals surface area contributed by atoms with Crippen molar-refractivity contribution in [3.63, 3.8) is 0 Å². The number of esters is 3. The molecule has 0 saturated carbocycles. The van der Waals surface area contributed by atoms with E-state index in [4.69, 9.17) is 14.2 Å². The van der Waals surface area contributed by atoms with E-state index >= 15 is 0 Å². The molecule has 1 unspecified atom stereocenters. The smallest absolute Gasteiger partial charge is 0.306 e. The number of ether oxygens (including phenoxy) is 3. The molecule has 0 N–H and O–H groups in total. The normalized spacial score (nSPS) is 12.0. The highest BCUT2D eigenvalue weighted by Gasteiger charge is 2.19. The maximum absolute atomic E-state index is 12.9. The van der Waals surface area contributed by atoms with Crippen LogP contribution in [0.4, 0.5) is 0 Å². The zero-order valence-electron chi connectivity index (χ0n) is 48.3. The summed E-state index contributed by atoms with van der Waals surface area (Å²) in [6.45, 7) is 6.70. The molecule has 0 radical (unpaired) electrons. The number of unbranched alkanes of at least 4 members (excludes halogenated alkanes) is 47. The van der Waals surface area contributed by atoms with Crippen molar-refractivity contribution in [2.75, 3.05) is 13.2 Å². The summed E-state index contributed by atoms with van der Waals surface area (Å²) < 4.78 is 16.9. The van der Waals surface area contributed by atoms with Gasteiger partial charge < -0.3 is 14.2 Å². The standard InChI is InChI=1S/C65H124O6/c1-4-7-10-13-16-19-22-24-26-28-30-32-34-36-38-40-43-46-49-52-55-58-64(67)70-61-62(60-69-63(66)57-54-51-48-45-42-21-18-15-12-9-6-3)71-65(68)59-56-53-50-47-44-41-39-37-35-33-31-29-27-25-23-20-17-14-11-8-5-2/h28,30,62H,4-27,29,31-61H2,1-3H3/b30-28-. The first kappa shape index (κ1) is 69.2. The maximum Gasteiger partial charge on any atom is 0.306 e. The number of rotatable bonds is 60. The van der Waals surface area contributed by atoms with Gasteiger partial charge in [0.2, 0.25) is 0 Å². The predicted octanol–water partition coefficient (Wildman–Crippen LogP) is 21.7. The number of hydrogen-bond acceptors (Lipinski definition) is 6. The van der Waals surface area contributed by atoms with Crippen molar-refractivity contribution in [2.45, 2.75) is 374 Å². The summed E-state index contributed by atoms with van der Waals surface area (Å²) in [5.74, 6) is -0.838. The summed E-state index contributed by atoms with van der Waals surface area (Å²) in [5.41, 5.74) is 0. The zero-order chi connectivity index (χ0) is 51.4. The number of allylic oxidation sites excluding steroid dienone is 2. The van der Waals surface area contributed by atoms with Crippen LogP contribution < -0.4 is 0 Å². The third kappa shape index (κ3) is 58.9. The van der Waals surface area contributed by atoms with Crippen molar-refractivity contribution in [3.8, 4) is 0 Å². The van der Waals surface area contributed by atoms with Crippen LogP contribution in [0.15, 0.2) is 12.2 Å². The number of carbonyl (C=O) groups excluding carboxylic acids is 3. The Morgan fingerprint density at radius 1 is 0.268 bits per heavy atom. The maximum atomic E-state index is 12.9. The fourth-order valence-electron chi connectivity index (χ4n) is 9.91. The molecule has 6 heteroatoms. The van der Waals surface area contributed by atoms with Gasteiger partial charge in [0.05, 0.1) is 0 Å². The van der Waals surface area contributed by atoms with E-state index in [2.05, 4.69) is 32.9 Å². The molecule has 0 aromatic heterocycles. The van der Waals surface area contributed by atoms with Gasteiger partial charge in [-0.15, -0.1) is 0 Å². The lowest BCUT2D eigenvalue weighted by Crippen LogP contribution is -2.30. The Morgan fingerprint density at radius 3 is 0.704 bits per heavy atom. The Hall–Kier alpha value is -1.85. The Bertz CT molecular complexity index is 1100. The molecule has 0 aliphatic heterocycles. The van der Waals surface area contributed by atoms with Crippen molar-refractivity contribution in [2.24, 2.45) is 0 Å². The van der Waals surface area contributed by atoms with Gasteiger partial charge in [-0.2, -0.15) is 0 Å². The van der Waals surface area contributed by atoms with E-state index in [-0.39, 0.29) is 31.1 Å². The molecule has 0 saturated heterocycles. The largest absolute Gasteiger partial charge is 0.462 e. The summed E-state index contributed by atoms with van der Waals surface area (Å²) >= 11 is 0. The molecule has 0 fully saturated rings. The summed E-state index contributed by atoms with van der Waals surface area (Å²) in [6.07, 6.45) is 70.8. The lowest BCUT2D eigenvalue weighted by atomic mass is 10.0. The first-order valence-corrected chi connectivity index (χ1v) is 32.2. The number of hydrogen-bond donors (Lipinski definition) is 0. The summed E-state index contributed by atoms with van der Waals surface area (Å²) in [7, 11) is 0. The molecular weight excluding hydrogens is 877 g/mol. The summed E-state index contributed by atoms with van der Waals surface area (Å²) in [4.78, 5) is 38.2. The van der Waals surface area contributed by atoms with Crippen LogP contribution in [0.1, 0.15) is 367 Å². The van der Waals surface area contributed by atoms with Crippen LogP contribution in [0.2, 0.25) is 0 Å². The lowest BCUT2D eigenvalue weighted by molar-refractivity contribution is -0.167. The van der Waals surface area contributed by atoms with Gasteiger partial charge in [0, 0.05) is 19.3 Å². The predicted molar refractivity (Wildman–Crippen MR) is 307 cm³/mol. The van der Waals surface area contributed by atoms with Crippen LogP contribution >= 0.6 is 0 Å². The second kappa shape index (κ2) is 60.7. The first-order valence-electron chi connectivity index (χ1n) is 32.2. The minimum absolute atomic E-state index is 0.0642. The highest BCUT2D eigenvalue weighted by atomic mass is 16.6. The van der Waals surface area contributed by atoms with E-state index in [0.29, 0.717) is 19.3 Å². The van der Waals surface area contributed by atoms with Gasteiger partial charge in [-0.1, -0.05) is 315 Å². The van der Waals surface area contributed by atoms with Crippen molar-refractivity contribution in [1.82, 2.24) is 0 Å². The molecule has 420 valence electrons. The minimum atomic E-state index is -0.765. The van der Waals surface area contributed by atoms with Crippen molar-refractivity contribution < 1.29 is 28.6 Å². The summed E-state index contributed by atoms with van der Waals surface area (Å²) in [6, 6.07) is 0. The Morgan fingerprint density at radius 2 is 0.465 bits per heavy atom. The van der Waals surface area contributed by atoms with Crippen LogP contribution in [-0.4, -0.2) is 37.2 Å². The van der Waals surface area contributed by atoms with Crippen LogP contribution in [0.25, 0.3) is 0 Å². The molecule has 0 bridgehead atoms. The quantitative estimate of drug-likeness (QED) is 0.0261. The Kier molecular flexibility index (Phi) is 59.1. The van der Waals surface area contributed by atoms with Crippen molar-refractivity contribution >= 4 is 17.9 Å². The molecule has 0 rings (SSSR count). The second-order valence-corrected chi connectivity index (χ2v) is 22.0. The molecule has 0 aromatic rings. The first-order chi connectivity index (χ1) is 35.0. The topological polar surface area (TPSA) is 78.9 Å². The molecule has 0 aliphatic carbocycles. The van der Waals surface area contributed by atoms with E-state index < -0.39 is 6.10 Å². The molecule has 0 spiro atoms. The third-order valence-corrected chi connectivity index (χ3v) is 14.8. The highest BCUT2D eigenvalue weighted by molar-refractivity contribution is 5.71. The SMILES string of the molecule is CCCCCCCCCC/C=C\CCCCCCCCCCCC(=O)OCC(COC(=O)CCCCCCCCCCCCC)OC(=O)CCCCCCCCCCCCCCCCCCCCCCC. The molecule has 71 heavy (non-hydrogen) atoms. The molecule has 0 heterocycles. The van der Waals surface area contributed by atoms with Crippen LogP contribution in [-0.2, 0) is 28.6 Å². The summed E-state index contributed by atoms with van der Waals surface area (Å²) in [5, 5.41) is 0. The minimum Gasteiger partial charge on any atom is -0.462 e. The van der Waals surface area contributed by atoms with E-state index in [1.165, 1.54) is 270 Å². The fraction of sp³-hybridized carbons (Fsp3) is 0.923. The Balaban J connectivity index is 4.22. The molecule has 6 nitrogen and oxygen atoms in total. The molecule has 1 atom stereocenters. The van der Waals surface area contributed by atoms with Crippen molar-refractivity contribution in [3.05, 3.63) is 12.2 Å². The van der Waals surface area contributed by atoms with Gasteiger partial charge in [-0.3, -0.25) is 14.4 Å². The third-order valence-electron chi connectivity index (χ3n) is 14.8. The highest BCUT2D eigenvalue weighted by Crippen LogP contribution is 2.18. The van der Waals surface area contributed by atoms with Gasteiger partial charge in [-0.25, -0.2) is 0 Å². The van der Waals surface area contributed by atoms with E-state index in [9.17, 15) is 14.4 Å². The molecule has 0 aromatic carbocycles. The van der Waals surface area contributed by atoms with Gasteiger partial charge in [0.1, 0.15) is 13.2 Å². The van der Waals surface area contributed by atoms with Gasteiger partial charge in [-0.05, 0) is 44.9 Å². The van der Waals surface area contributed by atoms with Gasteiger partial charge in [0.25, 0.3) is 0 Å². The van der Waals surface area contributed by atoms with E-state index in [0.717, 1.165) is 57.8 Å². The fourth-order valence-corrected chi connectivity index (χ4v) is 9.91. The molecular formula is C65H124O6. The lowest BCUT2D eigenvalue weighted by Gasteiger charge is -2.18. The van der Waals surface area contributed by atoms with Gasteiger partial charge in [0.15, 0.2) is 6.10 Å². The van der Waals surface area contributed by atoms with Crippen LogP contribution in [0.3, 0.4) is 0 Å². The van der Waals surface area contributed by atoms with Crippen LogP contribution in [0, 0.1) is 0 Å². The molecule has 0 aliphatic rings. The van der Waals surface area contributed by atoms with E-state index in [1.54, 1.807) is 0 Å². The molecule has 0 amide bonds. The zero-order valence-corrected chi connectivity index (χ0v) is 48.3. The van der Waals surface area contributed by atoms with Crippen molar-refractivity contribution in [1.29, 1.82) is 0 Å². The monoisotopic (exact) mass is 1000 g/mol. The average molecular weight is 1000 g/mol. The second-order valence-electron chi connectivity index (χ2n) is 22.0. The number of carbonyl (C=O) groups is 3. The van der Waals surface area contributed by atoms with Crippen LogP contribution in [0.5, 0.6) is 0 Å².